The molecule has 11 heteroatoms. The lowest BCUT2D eigenvalue weighted by Gasteiger charge is -2.18. The quantitative estimate of drug-likeness (QED) is 0.570. The van der Waals surface area contributed by atoms with Crippen LogP contribution < -0.4 is 5.32 Å². The number of esters is 1. The van der Waals surface area contributed by atoms with E-state index in [1.807, 2.05) is 0 Å². The van der Waals surface area contributed by atoms with Crippen LogP contribution >= 0.6 is 11.3 Å². The van der Waals surface area contributed by atoms with Gasteiger partial charge in [-0.3, -0.25) is 9.59 Å². The predicted molar refractivity (Wildman–Crippen MR) is 75.2 cm³/mol. The largest absolute Gasteiger partial charge is 0.469 e. The Bertz CT molecular complexity index is 627. The number of hydrogen-bond acceptors (Lipinski definition) is 8. The molecule has 0 fully saturated rings. The summed E-state index contributed by atoms with van der Waals surface area (Å²) in [6, 6.07) is 0. The standard InChI is InChI=1S/C10H16N4O5S2/c1-6(8(16)19-4)5-14(3)21(17,18)10-13-12-9(20-10)11-7(2)15/h6H,5H2,1-4H3,(H,11,12,15). The van der Waals surface area contributed by atoms with Gasteiger partial charge in [0.15, 0.2) is 0 Å². The van der Waals surface area contributed by atoms with Crippen molar-refractivity contribution in [2.24, 2.45) is 5.92 Å². The number of nitrogens with one attached hydrogen (secondary N) is 1. The van der Waals surface area contributed by atoms with E-state index in [4.69, 9.17) is 0 Å². The fourth-order valence-electron chi connectivity index (χ4n) is 1.41. The third kappa shape index (κ3) is 4.44. The number of rotatable bonds is 6. The van der Waals surface area contributed by atoms with E-state index < -0.39 is 21.9 Å². The molecule has 0 saturated carbocycles. The molecule has 1 N–H and O–H groups in total. The monoisotopic (exact) mass is 336 g/mol. The first kappa shape index (κ1) is 17.5. The minimum Gasteiger partial charge on any atom is -0.469 e. The lowest BCUT2D eigenvalue weighted by molar-refractivity contribution is -0.145. The Morgan fingerprint density at radius 3 is 2.57 bits per heavy atom. The maximum Gasteiger partial charge on any atom is 0.309 e. The summed E-state index contributed by atoms with van der Waals surface area (Å²) >= 11 is 0.738. The smallest absolute Gasteiger partial charge is 0.309 e. The fraction of sp³-hybridized carbons (Fsp3) is 0.600. The number of sulfonamides is 1. The summed E-state index contributed by atoms with van der Waals surface area (Å²) in [5.74, 6) is -1.49. The third-order valence-electron chi connectivity index (χ3n) is 2.45. The average molecular weight is 336 g/mol. The number of carbonyl (C=O) groups excluding carboxylic acids is 2. The Kier molecular flexibility index (Phi) is 5.75. The van der Waals surface area contributed by atoms with Crippen molar-refractivity contribution in [1.82, 2.24) is 14.5 Å². The predicted octanol–water partition coefficient (Wildman–Crippen LogP) is -0.0739. The summed E-state index contributed by atoms with van der Waals surface area (Å²) in [7, 11) is -1.31. The molecule has 1 atom stereocenters. The van der Waals surface area contributed by atoms with Crippen LogP contribution in [-0.4, -0.2) is 55.5 Å². The normalized spacial score (nSPS) is 13.0. The number of methoxy groups -OCH3 is 1. The Morgan fingerprint density at radius 1 is 1.43 bits per heavy atom. The van der Waals surface area contributed by atoms with E-state index in [1.54, 1.807) is 6.92 Å². The summed E-state index contributed by atoms with van der Waals surface area (Å²) in [4.78, 5) is 22.2. The number of amides is 1. The molecule has 1 aromatic rings. The van der Waals surface area contributed by atoms with Crippen LogP contribution in [0.25, 0.3) is 0 Å². The first-order chi connectivity index (χ1) is 9.68. The number of carbonyl (C=O) groups is 2. The van der Waals surface area contributed by atoms with Gasteiger partial charge in [-0.15, -0.1) is 10.2 Å². The molecular formula is C10H16N4O5S2. The fourth-order valence-corrected chi connectivity index (χ4v) is 3.80. The molecule has 0 bridgehead atoms. The highest BCUT2D eigenvalue weighted by atomic mass is 32.2. The van der Waals surface area contributed by atoms with Crippen molar-refractivity contribution < 1.29 is 22.7 Å². The van der Waals surface area contributed by atoms with E-state index in [-0.39, 0.29) is 21.9 Å². The first-order valence-electron chi connectivity index (χ1n) is 5.83. The second-order valence-electron chi connectivity index (χ2n) is 4.26. The van der Waals surface area contributed by atoms with Crippen molar-refractivity contribution in [1.29, 1.82) is 0 Å². The van der Waals surface area contributed by atoms with Crippen LogP contribution in [-0.2, 0) is 24.3 Å². The molecule has 21 heavy (non-hydrogen) atoms. The molecular weight excluding hydrogens is 320 g/mol. The molecule has 9 nitrogen and oxygen atoms in total. The van der Waals surface area contributed by atoms with Crippen molar-refractivity contribution in [3.63, 3.8) is 0 Å². The average Bonchev–Trinajstić information content (AvgIpc) is 2.85. The van der Waals surface area contributed by atoms with Gasteiger partial charge in [0.2, 0.25) is 15.4 Å². The zero-order valence-corrected chi connectivity index (χ0v) is 13.6. The Morgan fingerprint density at radius 2 is 2.05 bits per heavy atom. The Balaban J connectivity index is 2.87. The number of ether oxygens (including phenoxy) is 1. The third-order valence-corrected chi connectivity index (χ3v) is 5.46. The van der Waals surface area contributed by atoms with E-state index in [2.05, 4.69) is 20.3 Å². The highest BCUT2D eigenvalue weighted by molar-refractivity contribution is 7.91. The molecule has 0 saturated heterocycles. The molecule has 1 aromatic heterocycles. The highest BCUT2D eigenvalue weighted by Gasteiger charge is 2.28. The van der Waals surface area contributed by atoms with Gasteiger partial charge in [-0.2, -0.15) is 4.31 Å². The molecule has 0 aliphatic rings. The summed E-state index contributed by atoms with van der Waals surface area (Å²) < 4.78 is 29.8. The van der Waals surface area contributed by atoms with Crippen molar-refractivity contribution in [2.45, 2.75) is 18.2 Å². The van der Waals surface area contributed by atoms with Gasteiger partial charge in [0.05, 0.1) is 13.0 Å². The summed E-state index contributed by atoms with van der Waals surface area (Å²) in [6.07, 6.45) is 0. The van der Waals surface area contributed by atoms with E-state index >= 15 is 0 Å². The van der Waals surface area contributed by atoms with Gasteiger partial charge in [0, 0.05) is 20.5 Å². The zero-order valence-electron chi connectivity index (χ0n) is 12.0. The SMILES string of the molecule is COC(=O)C(C)CN(C)S(=O)(=O)c1nnc(NC(C)=O)s1. The van der Waals surface area contributed by atoms with Crippen molar-refractivity contribution in [2.75, 3.05) is 26.0 Å². The molecule has 1 rings (SSSR count). The first-order valence-corrected chi connectivity index (χ1v) is 8.09. The Hall–Kier alpha value is -1.59. The van der Waals surface area contributed by atoms with Gasteiger partial charge in [-0.05, 0) is 0 Å². The van der Waals surface area contributed by atoms with Crippen molar-refractivity contribution in [3.8, 4) is 0 Å². The summed E-state index contributed by atoms with van der Waals surface area (Å²) in [6.45, 7) is 2.78. The Labute approximate surface area is 126 Å². The van der Waals surface area contributed by atoms with Gasteiger partial charge in [-0.1, -0.05) is 18.3 Å². The van der Waals surface area contributed by atoms with Gasteiger partial charge in [0.25, 0.3) is 10.0 Å². The molecule has 0 spiro atoms. The van der Waals surface area contributed by atoms with Crippen LogP contribution in [0.2, 0.25) is 0 Å². The van der Waals surface area contributed by atoms with Gasteiger partial charge in [0.1, 0.15) is 0 Å². The number of hydrogen-bond donors (Lipinski definition) is 1. The van der Waals surface area contributed by atoms with Gasteiger partial charge >= 0.3 is 5.97 Å². The number of anilines is 1. The van der Waals surface area contributed by atoms with Crippen LogP contribution in [0.5, 0.6) is 0 Å². The van der Waals surface area contributed by atoms with E-state index in [0.717, 1.165) is 15.6 Å². The molecule has 1 amide bonds. The number of aromatic nitrogens is 2. The topological polar surface area (TPSA) is 119 Å². The van der Waals surface area contributed by atoms with Crippen LogP contribution in [0.1, 0.15) is 13.8 Å². The lowest BCUT2D eigenvalue weighted by Crippen LogP contribution is -2.34. The van der Waals surface area contributed by atoms with Crippen molar-refractivity contribution in [3.05, 3.63) is 0 Å². The van der Waals surface area contributed by atoms with Crippen LogP contribution in [0.15, 0.2) is 4.34 Å². The molecule has 0 aromatic carbocycles. The zero-order chi connectivity index (χ0) is 16.2. The van der Waals surface area contributed by atoms with Crippen LogP contribution in [0, 0.1) is 5.92 Å². The minimum absolute atomic E-state index is 0.0515. The number of nitrogens with zero attached hydrogens (tertiary/aromatic N) is 3. The summed E-state index contributed by atoms with van der Waals surface area (Å²) in [5.41, 5.74) is 0. The van der Waals surface area contributed by atoms with Crippen LogP contribution in [0.3, 0.4) is 0 Å². The van der Waals surface area contributed by atoms with E-state index in [0.29, 0.717) is 0 Å². The lowest BCUT2D eigenvalue weighted by atomic mass is 10.2. The molecule has 0 aliphatic carbocycles. The molecule has 1 unspecified atom stereocenters. The maximum atomic E-state index is 12.2. The molecule has 118 valence electrons. The van der Waals surface area contributed by atoms with Gasteiger partial charge < -0.3 is 10.1 Å². The van der Waals surface area contributed by atoms with Crippen LogP contribution in [0.4, 0.5) is 5.13 Å². The molecule has 0 aliphatic heterocycles. The highest BCUT2D eigenvalue weighted by Crippen LogP contribution is 2.23. The maximum absolute atomic E-state index is 12.2. The van der Waals surface area contributed by atoms with E-state index in [9.17, 15) is 18.0 Å². The van der Waals surface area contributed by atoms with Gasteiger partial charge in [-0.25, -0.2) is 8.42 Å². The minimum atomic E-state index is -3.87. The molecule has 0 radical (unpaired) electrons. The second-order valence-corrected chi connectivity index (χ2v) is 7.46. The summed E-state index contributed by atoms with van der Waals surface area (Å²) in [5, 5.41) is 9.56. The second kappa shape index (κ2) is 6.91. The van der Waals surface area contributed by atoms with Crippen molar-refractivity contribution >= 4 is 38.4 Å². The molecule has 1 heterocycles. The van der Waals surface area contributed by atoms with E-state index in [1.165, 1.54) is 21.1 Å².